The van der Waals surface area contributed by atoms with Crippen molar-refractivity contribution in [2.45, 2.75) is 39.7 Å². The molecule has 166 valence electrons. The molecule has 1 aliphatic carbocycles. The molecule has 1 aliphatic heterocycles. The van der Waals surface area contributed by atoms with Gasteiger partial charge in [-0.25, -0.2) is 0 Å². The van der Waals surface area contributed by atoms with Crippen molar-refractivity contribution in [1.82, 2.24) is 4.90 Å². The highest BCUT2D eigenvalue weighted by atomic mass is 35.5. The molecule has 0 N–H and O–H groups in total. The predicted octanol–water partition coefficient (Wildman–Crippen LogP) is 5.48. The van der Waals surface area contributed by atoms with E-state index in [-0.39, 0.29) is 18.2 Å². The van der Waals surface area contributed by atoms with Crippen LogP contribution in [0.25, 0.3) is 0 Å². The summed E-state index contributed by atoms with van der Waals surface area (Å²) in [6.07, 6.45) is 5.15. The topological polar surface area (TPSA) is 38.8 Å². The molecule has 2 aromatic rings. The Morgan fingerprint density at radius 3 is 2.29 bits per heavy atom. The molecule has 4 rings (SSSR count). The number of piperidine rings is 1. The maximum absolute atomic E-state index is 13.0. The Hall–Kier alpha value is -2.30. The van der Waals surface area contributed by atoms with E-state index in [4.69, 9.17) is 9.47 Å². The van der Waals surface area contributed by atoms with E-state index in [0.717, 1.165) is 54.9 Å². The molecule has 4 nitrogen and oxygen atoms in total. The number of Topliss-reactive ketones (excluding diaryl/α,β-unsaturated/α-hetero) is 1. The van der Waals surface area contributed by atoms with Crippen LogP contribution in [0.4, 0.5) is 0 Å². The second-order valence-electron chi connectivity index (χ2n) is 8.12. The predicted molar refractivity (Wildman–Crippen MR) is 127 cm³/mol. The van der Waals surface area contributed by atoms with Crippen LogP contribution in [0.3, 0.4) is 0 Å². The third-order valence-electron chi connectivity index (χ3n) is 6.00. The summed E-state index contributed by atoms with van der Waals surface area (Å²) >= 11 is 0. The van der Waals surface area contributed by atoms with E-state index in [2.05, 4.69) is 41.3 Å². The van der Waals surface area contributed by atoms with Gasteiger partial charge in [-0.1, -0.05) is 36.4 Å². The molecule has 2 aromatic carbocycles. The number of ether oxygens (including phenoxy) is 2. The molecular weight excluding hydrogens is 410 g/mol. The molecule has 0 saturated carbocycles. The van der Waals surface area contributed by atoms with Crippen molar-refractivity contribution in [2.24, 2.45) is 5.92 Å². The number of fused-ring (bicyclic) bond motifs is 1. The molecule has 0 bridgehead atoms. The lowest BCUT2D eigenvalue weighted by Gasteiger charge is -2.30. The summed E-state index contributed by atoms with van der Waals surface area (Å²) in [5.74, 6) is 2.03. The molecule has 0 aromatic heterocycles. The summed E-state index contributed by atoms with van der Waals surface area (Å²) in [6.45, 7) is 8.20. The molecule has 2 aliphatic rings. The lowest BCUT2D eigenvalue weighted by Crippen LogP contribution is -2.32. The number of carbonyl (C=O) groups is 1. The number of halogens is 1. The van der Waals surface area contributed by atoms with Crippen LogP contribution in [0.1, 0.15) is 48.2 Å². The summed E-state index contributed by atoms with van der Waals surface area (Å²) in [5, 5.41) is 0. The van der Waals surface area contributed by atoms with Gasteiger partial charge in [-0.15, -0.1) is 12.4 Å². The smallest absolute Gasteiger partial charge is 0.189 e. The summed E-state index contributed by atoms with van der Waals surface area (Å²) < 4.78 is 11.4. The molecule has 1 saturated heterocycles. The van der Waals surface area contributed by atoms with E-state index in [0.29, 0.717) is 31.3 Å². The van der Waals surface area contributed by atoms with E-state index in [1.165, 1.54) is 5.56 Å². The van der Waals surface area contributed by atoms with E-state index in [9.17, 15) is 4.79 Å². The van der Waals surface area contributed by atoms with Crippen LogP contribution < -0.4 is 9.47 Å². The van der Waals surface area contributed by atoms with Crippen LogP contribution in [0.5, 0.6) is 11.5 Å². The van der Waals surface area contributed by atoms with Gasteiger partial charge in [-0.2, -0.15) is 0 Å². The van der Waals surface area contributed by atoms with Crippen molar-refractivity contribution in [2.75, 3.05) is 26.3 Å². The number of allylic oxidation sites excluding steroid dienone is 2. The highest BCUT2D eigenvalue weighted by molar-refractivity contribution is 6.13. The lowest BCUT2D eigenvalue weighted by atomic mass is 9.93. The fourth-order valence-corrected chi connectivity index (χ4v) is 4.49. The minimum absolute atomic E-state index is 0. The Morgan fingerprint density at radius 1 is 1.00 bits per heavy atom. The Kier molecular flexibility index (Phi) is 8.16. The lowest BCUT2D eigenvalue weighted by molar-refractivity contribution is 0.103. The molecule has 1 fully saturated rings. The van der Waals surface area contributed by atoms with E-state index >= 15 is 0 Å². The minimum atomic E-state index is 0. The van der Waals surface area contributed by atoms with Gasteiger partial charge in [0, 0.05) is 24.1 Å². The molecule has 5 heteroatoms. The second-order valence-corrected chi connectivity index (χ2v) is 8.12. The minimum Gasteiger partial charge on any atom is -0.490 e. The largest absolute Gasteiger partial charge is 0.490 e. The molecule has 1 heterocycles. The maximum atomic E-state index is 13.0. The Labute approximate surface area is 191 Å². The third-order valence-corrected chi connectivity index (χ3v) is 6.00. The van der Waals surface area contributed by atoms with Gasteiger partial charge in [0.15, 0.2) is 17.3 Å². The number of hydrogen-bond acceptors (Lipinski definition) is 4. The van der Waals surface area contributed by atoms with Gasteiger partial charge in [-0.3, -0.25) is 9.69 Å². The molecule has 0 radical (unpaired) electrons. The van der Waals surface area contributed by atoms with Crippen LogP contribution in [0, 0.1) is 5.92 Å². The standard InChI is InChI=1S/C26H31NO3.ClH/c1-3-29-24-16-21-15-22(26(28)23(21)17-25(24)30-4-2)14-19-10-12-27(13-11-19)18-20-8-6-5-7-9-20;/h5-9,14,16-17,19H,3-4,10-13,15,18H2,1-2H3;1H. The van der Waals surface area contributed by atoms with Gasteiger partial charge >= 0.3 is 0 Å². The first-order chi connectivity index (χ1) is 14.7. The van der Waals surface area contributed by atoms with Crippen LogP contribution in [0.2, 0.25) is 0 Å². The third kappa shape index (κ3) is 5.50. The zero-order valence-corrected chi connectivity index (χ0v) is 19.2. The molecule has 0 unspecified atom stereocenters. The first-order valence-corrected chi connectivity index (χ1v) is 11.1. The number of ketones is 1. The normalized spacial score (nSPS) is 18.0. The van der Waals surface area contributed by atoms with Crippen LogP contribution >= 0.6 is 12.4 Å². The monoisotopic (exact) mass is 441 g/mol. The van der Waals surface area contributed by atoms with Gasteiger partial charge in [0.05, 0.1) is 13.2 Å². The van der Waals surface area contributed by atoms with E-state index < -0.39 is 0 Å². The van der Waals surface area contributed by atoms with Crippen molar-refractivity contribution in [3.8, 4) is 11.5 Å². The molecule has 0 amide bonds. The number of rotatable bonds is 7. The van der Waals surface area contributed by atoms with Gasteiger partial charge in [0.2, 0.25) is 0 Å². The van der Waals surface area contributed by atoms with Crippen molar-refractivity contribution in [3.63, 3.8) is 0 Å². The zero-order chi connectivity index (χ0) is 20.9. The summed E-state index contributed by atoms with van der Waals surface area (Å²) in [6, 6.07) is 14.5. The van der Waals surface area contributed by atoms with Gasteiger partial charge in [-0.05, 0) is 69.0 Å². The highest BCUT2D eigenvalue weighted by Gasteiger charge is 2.29. The SMILES string of the molecule is CCOc1cc2c(cc1OCC)C(=O)C(=CC1CCN(Cc3ccccc3)CC1)C2.Cl. The number of hydrogen-bond donors (Lipinski definition) is 0. The summed E-state index contributed by atoms with van der Waals surface area (Å²) in [7, 11) is 0. The van der Waals surface area contributed by atoms with Crippen LogP contribution in [-0.2, 0) is 13.0 Å². The number of benzene rings is 2. The maximum Gasteiger partial charge on any atom is 0.189 e. The first-order valence-electron chi connectivity index (χ1n) is 11.1. The second kappa shape index (κ2) is 10.8. The Bertz CT molecular complexity index is 918. The molecule has 0 atom stereocenters. The average molecular weight is 442 g/mol. The van der Waals surface area contributed by atoms with Gasteiger partial charge in [0.1, 0.15) is 0 Å². The summed E-state index contributed by atoms with van der Waals surface area (Å²) in [5.41, 5.74) is 4.13. The summed E-state index contributed by atoms with van der Waals surface area (Å²) in [4.78, 5) is 15.5. The first kappa shape index (κ1) is 23.4. The number of carbonyl (C=O) groups excluding carboxylic acids is 1. The van der Waals surface area contributed by atoms with E-state index in [1.54, 1.807) is 0 Å². The van der Waals surface area contributed by atoms with Crippen molar-refractivity contribution < 1.29 is 14.3 Å². The fourth-order valence-electron chi connectivity index (χ4n) is 4.49. The Balaban J connectivity index is 0.00000272. The van der Waals surface area contributed by atoms with Gasteiger partial charge in [0.25, 0.3) is 0 Å². The number of likely N-dealkylation sites (tertiary alicyclic amines) is 1. The average Bonchev–Trinajstić information content (AvgIpc) is 3.05. The Morgan fingerprint density at radius 2 is 1.65 bits per heavy atom. The van der Waals surface area contributed by atoms with Crippen molar-refractivity contribution >= 4 is 18.2 Å². The highest BCUT2D eigenvalue weighted by Crippen LogP contribution is 2.37. The van der Waals surface area contributed by atoms with Crippen molar-refractivity contribution in [3.05, 3.63) is 70.8 Å². The van der Waals surface area contributed by atoms with Gasteiger partial charge < -0.3 is 9.47 Å². The van der Waals surface area contributed by atoms with E-state index in [1.807, 2.05) is 26.0 Å². The molecule has 0 spiro atoms. The molecular formula is C26H32ClNO3. The van der Waals surface area contributed by atoms with Crippen molar-refractivity contribution in [1.29, 1.82) is 0 Å². The van der Waals surface area contributed by atoms with Crippen LogP contribution in [-0.4, -0.2) is 37.0 Å². The van der Waals surface area contributed by atoms with Crippen LogP contribution in [0.15, 0.2) is 54.1 Å². The fraction of sp³-hybridized carbons (Fsp3) is 0.423. The quantitative estimate of drug-likeness (QED) is 0.533. The zero-order valence-electron chi connectivity index (χ0n) is 18.4. The number of nitrogens with zero attached hydrogens (tertiary/aromatic N) is 1. The molecule has 31 heavy (non-hydrogen) atoms.